The van der Waals surface area contributed by atoms with E-state index in [9.17, 15) is 14.9 Å². The number of hydrogen-bond acceptors (Lipinski definition) is 5. The molecule has 0 heterocycles. The lowest BCUT2D eigenvalue weighted by molar-refractivity contribution is -0.385. The predicted octanol–water partition coefficient (Wildman–Crippen LogP) is 4.43. The van der Waals surface area contributed by atoms with Gasteiger partial charge in [0.15, 0.2) is 5.75 Å². The molecule has 1 amide bonds. The second-order valence-corrected chi connectivity index (χ2v) is 6.45. The van der Waals surface area contributed by atoms with Gasteiger partial charge >= 0.3 is 5.69 Å². The van der Waals surface area contributed by atoms with Gasteiger partial charge in [-0.15, -0.1) is 0 Å². The highest BCUT2D eigenvalue weighted by molar-refractivity contribution is 5.90. The number of carbonyl (C=O) groups is 1. The molecule has 0 aliphatic carbocycles. The van der Waals surface area contributed by atoms with Crippen LogP contribution in [0.4, 0.5) is 11.4 Å². The van der Waals surface area contributed by atoms with Crippen molar-refractivity contribution in [1.82, 2.24) is 0 Å². The van der Waals surface area contributed by atoms with Crippen molar-refractivity contribution >= 4 is 17.3 Å². The molecule has 2 rings (SSSR count). The smallest absolute Gasteiger partial charge is 0.310 e. The van der Waals surface area contributed by atoms with Crippen LogP contribution in [0.2, 0.25) is 0 Å². The first kappa shape index (κ1) is 20.2. The summed E-state index contributed by atoms with van der Waals surface area (Å²) in [5, 5.41) is 13.7. The van der Waals surface area contributed by atoms with E-state index in [1.54, 1.807) is 30.3 Å². The average Bonchev–Trinajstić information content (AvgIpc) is 2.65. The maximum atomic E-state index is 12.0. The molecule has 2 aromatic rings. The molecule has 0 unspecified atom stereocenters. The Labute approximate surface area is 158 Å². The minimum atomic E-state index is -0.490. The van der Waals surface area contributed by atoms with Crippen molar-refractivity contribution in [2.45, 2.75) is 26.7 Å². The van der Waals surface area contributed by atoms with Crippen LogP contribution in [-0.2, 0) is 4.79 Å². The second-order valence-electron chi connectivity index (χ2n) is 6.45. The Morgan fingerprint density at radius 3 is 2.48 bits per heavy atom. The fourth-order valence-corrected chi connectivity index (χ4v) is 2.27. The van der Waals surface area contributed by atoms with Crippen LogP contribution >= 0.6 is 0 Å². The summed E-state index contributed by atoms with van der Waals surface area (Å²) in [4.78, 5) is 22.4. The molecule has 0 saturated heterocycles. The third-order valence-corrected chi connectivity index (χ3v) is 3.59. The molecule has 27 heavy (non-hydrogen) atoms. The molecule has 0 aliphatic rings. The van der Waals surface area contributed by atoms with Crippen LogP contribution in [0, 0.1) is 16.0 Å². The topological polar surface area (TPSA) is 90.7 Å². The largest absolute Gasteiger partial charge is 0.493 e. The van der Waals surface area contributed by atoms with E-state index in [1.807, 2.05) is 12.1 Å². The van der Waals surface area contributed by atoms with Crippen LogP contribution in [0.15, 0.2) is 48.5 Å². The predicted molar refractivity (Wildman–Crippen MR) is 103 cm³/mol. The third-order valence-electron chi connectivity index (χ3n) is 3.59. The van der Waals surface area contributed by atoms with Crippen LogP contribution in [-0.4, -0.2) is 24.0 Å². The number of anilines is 1. The first-order valence-corrected chi connectivity index (χ1v) is 8.84. The summed E-state index contributed by atoms with van der Waals surface area (Å²) in [5.41, 5.74) is 0.609. The fraction of sp³-hybridized carbons (Fsp3) is 0.350. The molecule has 0 spiro atoms. The standard InChI is InChI=1S/C20H24N2O5/c1-15(2)14-27-17-11-9-16(10-12-17)21-20(23)8-5-13-26-19-7-4-3-6-18(19)22(24)25/h3-4,6-7,9-12,15H,5,8,13-14H2,1-2H3,(H,21,23). The van der Waals surface area contributed by atoms with Gasteiger partial charge in [-0.3, -0.25) is 14.9 Å². The molecular weight excluding hydrogens is 348 g/mol. The van der Waals surface area contributed by atoms with Gasteiger partial charge in [0.2, 0.25) is 5.91 Å². The molecule has 0 saturated carbocycles. The zero-order chi connectivity index (χ0) is 19.6. The SMILES string of the molecule is CC(C)COc1ccc(NC(=O)CCCOc2ccccc2[N+](=O)[O-])cc1. The first-order chi connectivity index (χ1) is 13.0. The zero-order valence-electron chi connectivity index (χ0n) is 15.5. The van der Waals surface area contributed by atoms with E-state index in [1.165, 1.54) is 6.07 Å². The lowest BCUT2D eigenvalue weighted by atomic mass is 10.2. The van der Waals surface area contributed by atoms with Gasteiger partial charge in [-0.1, -0.05) is 26.0 Å². The number of nitrogens with zero attached hydrogens (tertiary/aromatic N) is 1. The van der Waals surface area contributed by atoms with Gasteiger partial charge in [-0.05, 0) is 42.7 Å². The Morgan fingerprint density at radius 1 is 1.11 bits per heavy atom. The van der Waals surface area contributed by atoms with E-state index >= 15 is 0 Å². The van der Waals surface area contributed by atoms with E-state index < -0.39 is 4.92 Å². The Hall–Kier alpha value is -3.09. The first-order valence-electron chi connectivity index (χ1n) is 8.84. The molecule has 0 atom stereocenters. The summed E-state index contributed by atoms with van der Waals surface area (Å²) < 4.78 is 11.0. The number of nitrogens with one attached hydrogen (secondary N) is 1. The van der Waals surface area contributed by atoms with E-state index in [4.69, 9.17) is 9.47 Å². The van der Waals surface area contributed by atoms with Gasteiger partial charge in [0.1, 0.15) is 5.75 Å². The Bertz CT molecular complexity index is 759. The maximum absolute atomic E-state index is 12.0. The third kappa shape index (κ3) is 6.97. The number of carbonyl (C=O) groups excluding carboxylic acids is 1. The van der Waals surface area contributed by atoms with Crippen LogP contribution in [0.1, 0.15) is 26.7 Å². The van der Waals surface area contributed by atoms with Gasteiger partial charge in [0.25, 0.3) is 0 Å². The van der Waals surface area contributed by atoms with Crippen molar-refractivity contribution in [3.05, 3.63) is 58.6 Å². The van der Waals surface area contributed by atoms with Crippen LogP contribution in [0.3, 0.4) is 0 Å². The lowest BCUT2D eigenvalue weighted by Crippen LogP contribution is -2.13. The fourth-order valence-electron chi connectivity index (χ4n) is 2.27. The minimum Gasteiger partial charge on any atom is -0.493 e. The Balaban J connectivity index is 1.73. The number of hydrogen-bond donors (Lipinski definition) is 1. The monoisotopic (exact) mass is 372 g/mol. The number of ether oxygens (including phenoxy) is 2. The summed E-state index contributed by atoms with van der Waals surface area (Å²) in [6.07, 6.45) is 0.708. The van der Waals surface area contributed by atoms with E-state index in [0.717, 1.165) is 5.75 Å². The van der Waals surface area contributed by atoms with Crippen molar-refractivity contribution in [2.24, 2.45) is 5.92 Å². The summed E-state index contributed by atoms with van der Waals surface area (Å²) in [5.74, 6) is 1.28. The molecular formula is C20H24N2O5. The molecule has 0 fully saturated rings. The number of para-hydroxylation sites is 2. The highest BCUT2D eigenvalue weighted by Gasteiger charge is 2.13. The Kier molecular flexibility index (Phi) is 7.61. The number of amides is 1. The molecule has 2 aromatic carbocycles. The normalized spacial score (nSPS) is 10.5. The minimum absolute atomic E-state index is 0.0817. The van der Waals surface area contributed by atoms with Crippen LogP contribution < -0.4 is 14.8 Å². The van der Waals surface area contributed by atoms with Gasteiger partial charge in [0.05, 0.1) is 18.1 Å². The number of nitro groups is 1. The van der Waals surface area contributed by atoms with Crippen LogP contribution in [0.5, 0.6) is 11.5 Å². The molecule has 144 valence electrons. The lowest BCUT2D eigenvalue weighted by Gasteiger charge is -2.10. The number of nitro benzene ring substituents is 1. The molecule has 7 heteroatoms. The van der Waals surface area contributed by atoms with Crippen molar-refractivity contribution in [1.29, 1.82) is 0 Å². The maximum Gasteiger partial charge on any atom is 0.310 e. The van der Waals surface area contributed by atoms with Gasteiger partial charge in [-0.2, -0.15) is 0 Å². The number of benzene rings is 2. The van der Waals surface area contributed by atoms with Crippen molar-refractivity contribution in [2.75, 3.05) is 18.5 Å². The highest BCUT2D eigenvalue weighted by Crippen LogP contribution is 2.25. The van der Waals surface area contributed by atoms with E-state index in [-0.39, 0.29) is 30.4 Å². The molecule has 0 radical (unpaired) electrons. The van der Waals surface area contributed by atoms with Gasteiger partial charge in [0, 0.05) is 18.2 Å². The molecule has 7 nitrogen and oxygen atoms in total. The number of rotatable bonds is 10. The highest BCUT2D eigenvalue weighted by atomic mass is 16.6. The van der Waals surface area contributed by atoms with Crippen LogP contribution in [0.25, 0.3) is 0 Å². The summed E-state index contributed by atoms with van der Waals surface area (Å²) in [6.45, 7) is 5.02. The molecule has 0 bridgehead atoms. The summed E-state index contributed by atoms with van der Waals surface area (Å²) >= 11 is 0. The Morgan fingerprint density at radius 2 is 1.81 bits per heavy atom. The van der Waals surface area contributed by atoms with Crippen molar-refractivity contribution < 1.29 is 19.2 Å². The van der Waals surface area contributed by atoms with Gasteiger partial charge < -0.3 is 14.8 Å². The molecule has 0 aliphatic heterocycles. The average molecular weight is 372 g/mol. The molecule has 1 N–H and O–H groups in total. The van der Waals surface area contributed by atoms with E-state index in [0.29, 0.717) is 24.6 Å². The summed E-state index contributed by atoms with van der Waals surface area (Å²) in [6, 6.07) is 13.4. The molecule has 0 aromatic heterocycles. The zero-order valence-corrected chi connectivity index (χ0v) is 15.5. The van der Waals surface area contributed by atoms with Gasteiger partial charge in [-0.25, -0.2) is 0 Å². The van der Waals surface area contributed by atoms with Crippen molar-refractivity contribution in [3.63, 3.8) is 0 Å². The quantitative estimate of drug-likeness (QED) is 0.378. The second kappa shape index (κ2) is 10.2. The summed E-state index contributed by atoms with van der Waals surface area (Å²) in [7, 11) is 0. The van der Waals surface area contributed by atoms with E-state index in [2.05, 4.69) is 19.2 Å². The van der Waals surface area contributed by atoms with Crippen molar-refractivity contribution in [3.8, 4) is 11.5 Å².